The summed E-state index contributed by atoms with van der Waals surface area (Å²) in [6, 6.07) is 2.38. The number of rotatable bonds is 7. The molecular weight excluding hydrogens is 315 g/mol. The fraction of sp³-hybridized carbons (Fsp3) is 0.571. The first-order valence-electron chi connectivity index (χ1n) is 6.96. The average molecular weight is 335 g/mol. The Balaban J connectivity index is 2.23. The van der Waals surface area contributed by atoms with Crippen molar-refractivity contribution < 1.29 is 12.8 Å². The zero-order valence-electron chi connectivity index (χ0n) is 12.2. The normalized spacial score (nSPS) is 17.0. The molecule has 2 N–H and O–H groups in total. The fourth-order valence-electron chi connectivity index (χ4n) is 2.26. The molecule has 1 aromatic rings. The van der Waals surface area contributed by atoms with Crippen LogP contribution in [-0.4, -0.2) is 22.0 Å². The van der Waals surface area contributed by atoms with Crippen molar-refractivity contribution in [3.63, 3.8) is 0 Å². The van der Waals surface area contributed by atoms with Crippen LogP contribution < -0.4 is 10.0 Å². The summed E-state index contributed by atoms with van der Waals surface area (Å²) in [5.74, 6) is -0.721. The molecular formula is C14H20ClFN2O2S. The minimum atomic E-state index is -3.72. The Hall–Kier alpha value is -0.690. The highest BCUT2D eigenvalue weighted by Gasteiger charge is 2.41. The van der Waals surface area contributed by atoms with Gasteiger partial charge in [-0.15, -0.1) is 0 Å². The van der Waals surface area contributed by atoms with Gasteiger partial charge in [0.15, 0.2) is 0 Å². The molecule has 1 fully saturated rings. The Morgan fingerprint density at radius 3 is 2.57 bits per heavy atom. The molecule has 0 spiro atoms. The lowest BCUT2D eigenvalue weighted by molar-refractivity contribution is 0.475. The molecule has 118 valence electrons. The van der Waals surface area contributed by atoms with Gasteiger partial charge in [0.05, 0.1) is 9.92 Å². The maximum atomic E-state index is 13.8. The SMILES string of the molecule is CCC1(CNS(=O)(=O)c2cc(F)c(Cl)c(CNC)c2)CC1. The van der Waals surface area contributed by atoms with Crippen LogP contribution in [0.1, 0.15) is 31.7 Å². The van der Waals surface area contributed by atoms with E-state index in [0.717, 1.165) is 25.3 Å². The Morgan fingerprint density at radius 2 is 2.05 bits per heavy atom. The summed E-state index contributed by atoms with van der Waals surface area (Å²) in [6.45, 7) is 2.75. The molecule has 0 radical (unpaired) electrons. The van der Waals surface area contributed by atoms with Gasteiger partial charge in [-0.3, -0.25) is 0 Å². The first kappa shape index (κ1) is 16.7. The van der Waals surface area contributed by atoms with E-state index in [-0.39, 0.29) is 15.3 Å². The highest BCUT2D eigenvalue weighted by Crippen LogP contribution is 2.48. The van der Waals surface area contributed by atoms with Crippen molar-refractivity contribution in [2.24, 2.45) is 5.41 Å². The number of halogens is 2. The predicted octanol–water partition coefficient (Wildman–Crippen LogP) is 2.67. The van der Waals surface area contributed by atoms with Gasteiger partial charge in [0.2, 0.25) is 10.0 Å². The third-order valence-electron chi connectivity index (χ3n) is 4.10. The zero-order chi connectivity index (χ0) is 15.7. The van der Waals surface area contributed by atoms with E-state index in [0.29, 0.717) is 18.7 Å². The zero-order valence-corrected chi connectivity index (χ0v) is 13.7. The van der Waals surface area contributed by atoms with Crippen LogP contribution in [-0.2, 0) is 16.6 Å². The molecule has 0 aliphatic heterocycles. The largest absolute Gasteiger partial charge is 0.316 e. The topological polar surface area (TPSA) is 58.2 Å². The van der Waals surface area contributed by atoms with Gasteiger partial charge in [0.1, 0.15) is 5.82 Å². The van der Waals surface area contributed by atoms with Crippen molar-refractivity contribution in [3.8, 4) is 0 Å². The maximum absolute atomic E-state index is 13.8. The lowest BCUT2D eigenvalue weighted by Gasteiger charge is -2.15. The van der Waals surface area contributed by atoms with Gasteiger partial charge in [0, 0.05) is 13.1 Å². The van der Waals surface area contributed by atoms with Crippen LogP contribution in [0.25, 0.3) is 0 Å². The van der Waals surface area contributed by atoms with Crippen molar-refractivity contribution in [2.75, 3.05) is 13.6 Å². The van der Waals surface area contributed by atoms with Crippen molar-refractivity contribution >= 4 is 21.6 Å². The number of sulfonamides is 1. The van der Waals surface area contributed by atoms with E-state index < -0.39 is 15.8 Å². The van der Waals surface area contributed by atoms with Gasteiger partial charge in [-0.2, -0.15) is 0 Å². The summed E-state index contributed by atoms with van der Waals surface area (Å²) in [7, 11) is -2.03. The molecule has 1 saturated carbocycles. The molecule has 21 heavy (non-hydrogen) atoms. The van der Waals surface area contributed by atoms with E-state index in [1.54, 1.807) is 7.05 Å². The minimum absolute atomic E-state index is 0.0458. The van der Waals surface area contributed by atoms with Gasteiger partial charge in [-0.25, -0.2) is 17.5 Å². The van der Waals surface area contributed by atoms with Gasteiger partial charge >= 0.3 is 0 Å². The van der Waals surface area contributed by atoms with Crippen LogP contribution in [0.15, 0.2) is 17.0 Å². The number of hydrogen-bond acceptors (Lipinski definition) is 3. The van der Waals surface area contributed by atoms with Crippen molar-refractivity contribution in [1.29, 1.82) is 0 Å². The van der Waals surface area contributed by atoms with Gasteiger partial charge in [0.25, 0.3) is 0 Å². The van der Waals surface area contributed by atoms with Crippen LogP contribution >= 0.6 is 11.6 Å². The van der Waals surface area contributed by atoms with Crippen molar-refractivity contribution in [2.45, 2.75) is 37.6 Å². The number of hydrogen-bond donors (Lipinski definition) is 2. The second kappa shape index (κ2) is 6.20. The number of nitrogens with one attached hydrogen (secondary N) is 2. The Kier molecular flexibility index (Phi) is 4.92. The molecule has 0 unspecified atom stereocenters. The van der Waals surface area contributed by atoms with Crippen molar-refractivity contribution in [1.82, 2.24) is 10.0 Å². The highest BCUT2D eigenvalue weighted by molar-refractivity contribution is 7.89. The molecule has 0 heterocycles. The lowest BCUT2D eigenvalue weighted by atomic mass is 10.1. The highest BCUT2D eigenvalue weighted by atomic mass is 35.5. The summed E-state index contributed by atoms with van der Waals surface area (Å²) in [5.41, 5.74) is 0.516. The van der Waals surface area contributed by atoms with Crippen LogP contribution in [0.5, 0.6) is 0 Å². The summed E-state index contributed by atoms with van der Waals surface area (Å²) in [4.78, 5) is -0.0819. The van der Waals surface area contributed by atoms with Crippen molar-refractivity contribution in [3.05, 3.63) is 28.5 Å². The van der Waals surface area contributed by atoms with E-state index in [4.69, 9.17) is 11.6 Å². The fourth-order valence-corrected chi connectivity index (χ4v) is 3.65. The van der Waals surface area contributed by atoms with Gasteiger partial charge in [-0.1, -0.05) is 18.5 Å². The van der Waals surface area contributed by atoms with Crippen LogP contribution in [0, 0.1) is 11.2 Å². The molecule has 1 aromatic carbocycles. The molecule has 0 amide bonds. The van der Waals surface area contributed by atoms with E-state index in [1.165, 1.54) is 6.07 Å². The Labute approximate surface area is 130 Å². The summed E-state index contributed by atoms with van der Waals surface area (Å²) >= 11 is 5.85. The predicted molar refractivity (Wildman–Crippen MR) is 81.3 cm³/mol. The molecule has 1 aliphatic rings. The summed E-state index contributed by atoms with van der Waals surface area (Å²) in [5, 5.41) is 2.79. The quantitative estimate of drug-likeness (QED) is 0.806. The third-order valence-corrected chi connectivity index (χ3v) is 5.90. The average Bonchev–Trinajstić information content (AvgIpc) is 3.22. The van der Waals surface area contributed by atoms with E-state index in [2.05, 4.69) is 10.0 Å². The Morgan fingerprint density at radius 1 is 1.38 bits per heavy atom. The second-order valence-corrected chi connectivity index (χ2v) is 7.73. The molecule has 1 aliphatic carbocycles. The van der Waals surface area contributed by atoms with Gasteiger partial charge < -0.3 is 5.32 Å². The first-order chi connectivity index (χ1) is 9.83. The van der Waals surface area contributed by atoms with Crippen LogP contribution in [0.4, 0.5) is 4.39 Å². The molecule has 0 atom stereocenters. The lowest BCUT2D eigenvalue weighted by Crippen LogP contribution is -2.30. The molecule has 4 nitrogen and oxygen atoms in total. The van der Waals surface area contributed by atoms with Crippen LogP contribution in [0.3, 0.4) is 0 Å². The Bertz CT molecular complexity index is 630. The smallest absolute Gasteiger partial charge is 0.240 e. The summed E-state index contributed by atoms with van der Waals surface area (Å²) < 4.78 is 41.0. The van der Waals surface area contributed by atoms with Crippen LogP contribution in [0.2, 0.25) is 5.02 Å². The molecule has 0 bridgehead atoms. The van der Waals surface area contributed by atoms with E-state index in [1.807, 2.05) is 6.92 Å². The maximum Gasteiger partial charge on any atom is 0.240 e. The molecule has 0 aromatic heterocycles. The van der Waals surface area contributed by atoms with Gasteiger partial charge in [-0.05, 0) is 49.4 Å². The first-order valence-corrected chi connectivity index (χ1v) is 8.82. The van der Waals surface area contributed by atoms with E-state index in [9.17, 15) is 12.8 Å². The molecule has 7 heteroatoms. The number of benzene rings is 1. The second-order valence-electron chi connectivity index (χ2n) is 5.59. The van der Waals surface area contributed by atoms with E-state index >= 15 is 0 Å². The molecule has 0 saturated heterocycles. The molecule has 2 rings (SSSR count). The monoisotopic (exact) mass is 334 g/mol. The standard InChI is InChI=1S/C14H20ClFN2O2S/c1-3-14(4-5-14)9-18-21(19,20)11-6-10(8-17-2)13(15)12(16)7-11/h6-7,17-18H,3-5,8-9H2,1-2H3. The minimum Gasteiger partial charge on any atom is -0.316 e. The third kappa shape index (κ3) is 3.74. The summed E-state index contributed by atoms with van der Waals surface area (Å²) in [6.07, 6.45) is 3.01.